The van der Waals surface area contributed by atoms with Gasteiger partial charge in [-0.15, -0.1) is 4.40 Å². The number of nitrogens with zero attached hydrogens (tertiary/aromatic N) is 3. The molecule has 32 heavy (non-hydrogen) atoms. The largest absolute Gasteiger partial charge is 0.353 e. The minimum absolute atomic E-state index is 0.0791. The lowest BCUT2D eigenvalue weighted by Crippen LogP contribution is -2.38. The first-order valence-electron chi connectivity index (χ1n) is 10.7. The van der Waals surface area contributed by atoms with Crippen molar-refractivity contribution in [3.8, 4) is 0 Å². The smallest absolute Gasteiger partial charge is 0.285 e. The van der Waals surface area contributed by atoms with Crippen molar-refractivity contribution in [2.24, 2.45) is 9.50 Å². The summed E-state index contributed by atoms with van der Waals surface area (Å²) >= 11 is 6.23. The van der Waals surface area contributed by atoms with Crippen LogP contribution in [0.15, 0.2) is 62.9 Å². The fraction of sp³-hybridized carbons (Fsp3) is 0.348. The Balaban J connectivity index is 1.56. The van der Waals surface area contributed by atoms with Crippen molar-refractivity contribution >= 4 is 39.6 Å². The van der Waals surface area contributed by atoms with E-state index >= 15 is 0 Å². The number of sulfonamides is 1. The predicted octanol–water partition coefficient (Wildman–Crippen LogP) is 3.96. The number of hydrogen-bond acceptors (Lipinski definition) is 5. The van der Waals surface area contributed by atoms with Crippen LogP contribution in [-0.2, 0) is 14.8 Å². The molecule has 2 aliphatic rings. The lowest BCUT2D eigenvalue weighted by Gasteiger charge is -2.24. The molecule has 0 aromatic heterocycles. The maximum absolute atomic E-state index is 12.6. The number of carbonyl (C=O) groups is 1. The fourth-order valence-corrected chi connectivity index (χ4v) is 5.35. The van der Waals surface area contributed by atoms with Crippen LogP contribution in [0.25, 0.3) is 0 Å². The molecule has 1 saturated carbocycles. The van der Waals surface area contributed by atoms with E-state index in [1.807, 2.05) is 12.1 Å². The van der Waals surface area contributed by atoms with E-state index in [0.29, 0.717) is 16.1 Å². The Labute approximate surface area is 193 Å². The lowest BCUT2D eigenvalue weighted by molar-refractivity contribution is -0.122. The monoisotopic (exact) mass is 472 g/mol. The van der Waals surface area contributed by atoms with Gasteiger partial charge in [-0.2, -0.15) is 13.5 Å². The summed E-state index contributed by atoms with van der Waals surface area (Å²) in [7, 11) is -3.81. The van der Waals surface area contributed by atoms with Crippen LogP contribution < -0.4 is 5.32 Å². The van der Waals surface area contributed by atoms with E-state index < -0.39 is 10.0 Å². The Morgan fingerprint density at radius 1 is 1.12 bits per heavy atom. The minimum atomic E-state index is -3.81. The van der Waals surface area contributed by atoms with Crippen LogP contribution in [-0.4, -0.2) is 44.0 Å². The predicted molar refractivity (Wildman–Crippen MR) is 126 cm³/mol. The van der Waals surface area contributed by atoms with E-state index in [4.69, 9.17) is 11.6 Å². The Morgan fingerprint density at radius 2 is 1.84 bits per heavy atom. The first-order valence-corrected chi connectivity index (χ1v) is 12.6. The van der Waals surface area contributed by atoms with Crippen molar-refractivity contribution in [2.75, 3.05) is 6.54 Å². The summed E-state index contributed by atoms with van der Waals surface area (Å²) in [6, 6.07) is 14.0. The molecule has 1 aliphatic heterocycles. The summed E-state index contributed by atoms with van der Waals surface area (Å²) in [5.74, 6) is 0.124. The number of amidine groups is 1. The number of amides is 1. The van der Waals surface area contributed by atoms with Crippen LogP contribution in [0.1, 0.15) is 49.7 Å². The fourth-order valence-electron chi connectivity index (χ4n) is 3.96. The molecular formula is C23H25ClN4O3S. The average Bonchev–Trinajstić information content (AvgIpc) is 3.06. The molecule has 0 radical (unpaired) electrons. The molecule has 1 heterocycles. The zero-order chi connectivity index (χ0) is 22.6. The molecule has 2 aromatic carbocycles. The minimum Gasteiger partial charge on any atom is -0.353 e. The number of benzene rings is 2. The van der Waals surface area contributed by atoms with Gasteiger partial charge in [0, 0.05) is 28.6 Å². The van der Waals surface area contributed by atoms with Crippen LogP contribution in [0.5, 0.6) is 0 Å². The van der Waals surface area contributed by atoms with Gasteiger partial charge in [0.25, 0.3) is 10.0 Å². The molecule has 0 saturated heterocycles. The third-order valence-electron chi connectivity index (χ3n) is 5.62. The van der Waals surface area contributed by atoms with E-state index in [1.54, 1.807) is 36.5 Å². The number of carbonyl (C=O) groups excluding carboxylic acids is 1. The van der Waals surface area contributed by atoms with Gasteiger partial charge in [-0.05, 0) is 31.0 Å². The highest BCUT2D eigenvalue weighted by atomic mass is 35.5. The summed E-state index contributed by atoms with van der Waals surface area (Å²) in [6.07, 6.45) is 7.19. The first kappa shape index (κ1) is 22.5. The van der Waals surface area contributed by atoms with E-state index in [-0.39, 0.29) is 35.6 Å². The number of nitrogens with one attached hydrogen (secondary N) is 1. The molecule has 1 amide bonds. The molecule has 0 bridgehead atoms. The second-order valence-electron chi connectivity index (χ2n) is 7.93. The van der Waals surface area contributed by atoms with Gasteiger partial charge in [0.1, 0.15) is 4.90 Å². The van der Waals surface area contributed by atoms with Crippen molar-refractivity contribution < 1.29 is 13.2 Å². The molecule has 1 N–H and O–H groups in total. The Kier molecular flexibility index (Phi) is 6.91. The molecule has 0 spiro atoms. The lowest BCUT2D eigenvalue weighted by atomic mass is 9.95. The summed E-state index contributed by atoms with van der Waals surface area (Å²) in [6.45, 7) is 0.183. The quantitative estimate of drug-likeness (QED) is 0.508. The highest BCUT2D eigenvalue weighted by Crippen LogP contribution is 2.28. The maximum atomic E-state index is 12.6. The number of fused-ring (bicyclic) bond motifs is 1. The second kappa shape index (κ2) is 9.83. The highest BCUT2D eigenvalue weighted by Gasteiger charge is 2.32. The van der Waals surface area contributed by atoms with E-state index in [0.717, 1.165) is 25.7 Å². The van der Waals surface area contributed by atoms with Gasteiger partial charge >= 0.3 is 0 Å². The van der Waals surface area contributed by atoms with Gasteiger partial charge in [0.05, 0.1) is 12.8 Å². The van der Waals surface area contributed by atoms with Crippen LogP contribution in [0.3, 0.4) is 0 Å². The zero-order valence-electron chi connectivity index (χ0n) is 17.6. The van der Waals surface area contributed by atoms with Crippen molar-refractivity contribution in [1.82, 2.24) is 10.3 Å². The van der Waals surface area contributed by atoms with Crippen LogP contribution in [0, 0.1) is 0 Å². The van der Waals surface area contributed by atoms with Crippen molar-refractivity contribution in [2.45, 2.75) is 49.5 Å². The first-order chi connectivity index (χ1) is 15.4. The molecule has 2 aromatic rings. The van der Waals surface area contributed by atoms with Gasteiger partial charge in [-0.25, -0.2) is 5.01 Å². The van der Waals surface area contributed by atoms with Gasteiger partial charge in [0.2, 0.25) is 5.91 Å². The Hall–Kier alpha value is -2.71. The van der Waals surface area contributed by atoms with E-state index in [9.17, 15) is 13.2 Å². The summed E-state index contributed by atoms with van der Waals surface area (Å²) < 4.78 is 29.0. The summed E-state index contributed by atoms with van der Waals surface area (Å²) in [5, 5.41) is 9.54. The molecule has 4 rings (SSSR count). The molecular weight excluding hydrogens is 448 g/mol. The maximum Gasteiger partial charge on any atom is 0.285 e. The summed E-state index contributed by atoms with van der Waals surface area (Å²) in [5.41, 5.74) is 1.15. The van der Waals surface area contributed by atoms with E-state index in [1.165, 1.54) is 17.5 Å². The molecule has 168 valence electrons. The van der Waals surface area contributed by atoms with Gasteiger partial charge in [0.15, 0.2) is 5.84 Å². The van der Waals surface area contributed by atoms with Gasteiger partial charge in [-0.3, -0.25) is 4.79 Å². The third-order valence-corrected chi connectivity index (χ3v) is 7.29. The average molecular weight is 473 g/mol. The van der Waals surface area contributed by atoms with Crippen molar-refractivity contribution in [3.63, 3.8) is 0 Å². The van der Waals surface area contributed by atoms with E-state index in [2.05, 4.69) is 14.8 Å². The van der Waals surface area contributed by atoms with Gasteiger partial charge in [-0.1, -0.05) is 61.2 Å². The van der Waals surface area contributed by atoms with Crippen LogP contribution in [0.2, 0.25) is 5.02 Å². The number of hydrazone groups is 1. The van der Waals surface area contributed by atoms with Gasteiger partial charge < -0.3 is 5.32 Å². The molecule has 7 nitrogen and oxygen atoms in total. The Bertz CT molecular complexity index is 1160. The standard InChI is InChI=1S/C23H25ClN4O3S/c24-20-12-6-4-8-17(20)16-25-28(15-14-22(29)26-18-9-2-1-3-10-18)23-19-11-5-7-13-21(19)32(30,31)27-23/h4-8,11-13,16,18H,1-3,9-10,14-15H2,(H,26,29). The molecule has 0 atom stereocenters. The third kappa shape index (κ3) is 5.19. The SMILES string of the molecule is O=C(CCN(N=Cc1ccccc1Cl)C1=NS(=O)(=O)c2ccccc21)NC1CCCCC1. The molecule has 0 unspecified atom stereocenters. The Morgan fingerprint density at radius 3 is 2.62 bits per heavy atom. The van der Waals surface area contributed by atoms with Crippen molar-refractivity contribution in [3.05, 3.63) is 64.7 Å². The zero-order valence-corrected chi connectivity index (χ0v) is 19.1. The van der Waals surface area contributed by atoms with Crippen LogP contribution in [0.4, 0.5) is 0 Å². The van der Waals surface area contributed by atoms with Crippen LogP contribution >= 0.6 is 11.6 Å². The second-order valence-corrected chi connectivity index (χ2v) is 9.91. The number of halogens is 1. The number of hydrogen-bond donors (Lipinski definition) is 1. The summed E-state index contributed by atoms with van der Waals surface area (Å²) in [4.78, 5) is 12.7. The topological polar surface area (TPSA) is 91.2 Å². The van der Waals surface area contributed by atoms with Crippen molar-refractivity contribution in [1.29, 1.82) is 0 Å². The normalized spacial score (nSPS) is 17.7. The molecule has 1 fully saturated rings. The molecule has 9 heteroatoms. The highest BCUT2D eigenvalue weighted by molar-refractivity contribution is 7.90. The number of rotatable bonds is 6. The molecule has 1 aliphatic carbocycles.